The van der Waals surface area contributed by atoms with Crippen LogP contribution in [0.5, 0.6) is 5.75 Å². The summed E-state index contributed by atoms with van der Waals surface area (Å²) in [7, 11) is 1.58. The normalized spacial score (nSPS) is 16.1. The van der Waals surface area contributed by atoms with Crippen molar-refractivity contribution in [2.45, 2.75) is 11.6 Å². The number of amides is 2. The van der Waals surface area contributed by atoms with Gasteiger partial charge in [0.05, 0.1) is 18.4 Å². The Morgan fingerprint density at radius 3 is 2.21 bits per heavy atom. The number of carbonyl (C=O) groups excluding carboxylic acids is 2. The molecule has 0 radical (unpaired) electrons. The highest BCUT2D eigenvalue weighted by molar-refractivity contribution is 8.00. The molecule has 170 valence electrons. The molecule has 1 N–H and O–H groups in total. The van der Waals surface area contributed by atoms with E-state index in [0.29, 0.717) is 17.2 Å². The van der Waals surface area contributed by atoms with Crippen LogP contribution >= 0.6 is 11.8 Å². The van der Waals surface area contributed by atoms with Crippen molar-refractivity contribution in [2.24, 2.45) is 0 Å². The van der Waals surface area contributed by atoms with Gasteiger partial charge in [0.15, 0.2) is 0 Å². The van der Waals surface area contributed by atoms with E-state index in [4.69, 9.17) is 4.74 Å². The number of rotatable bonds is 5. The average molecular weight is 472 g/mol. The lowest BCUT2D eigenvalue weighted by Crippen LogP contribution is -2.27. The van der Waals surface area contributed by atoms with E-state index >= 15 is 0 Å². The maximum Gasteiger partial charge on any atom is 0.416 e. The maximum absolute atomic E-state index is 12.7. The van der Waals surface area contributed by atoms with Crippen LogP contribution in [0.3, 0.4) is 0 Å². The molecule has 0 aromatic heterocycles. The lowest BCUT2D eigenvalue weighted by molar-refractivity contribution is -0.137. The van der Waals surface area contributed by atoms with Gasteiger partial charge in [0.1, 0.15) is 11.1 Å². The Labute approximate surface area is 192 Å². The summed E-state index contributed by atoms with van der Waals surface area (Å²) in [5.74, 6) is 0.530. The number of carbonyl (C=O) groups is 2. The first-order valence-corrected chi connectivity index (χ1v) is 11.0. The summed E-state index contributed by atoms with van der Waals surface area (Å²) in [4.78, 5) is 26.6. The van der Waals surface area contributed by atoms with Crippen LogP contribution in [0.2, 0.25) is 0 Å². The van der Waals surface area contributed by atoms with Crippen LogP contribution in [0.15, 0.2) is 72.8 Å². The van der Waals surface area contributed by atoms with Crippen molar-refractivity contribution in [3.05, 3.63) is 89.5 Å². The van der Waals surface area contributed by atoms with E-state index in [0.717, 1.165) is 35.5 Å². The Hall–Kier alpha value is -3.46. The fraction of sp³-hybridized carbons (Fsp3) is 0.167. The molecular formula is C24H19F3N2O3S. The van der Waals surface area contributed by atoms with Crippen molar-refractivity contribution < 1.29 is 27.5 Å². The molecule has 4 rings (SSSR count). The first kappa shape index (κ1) is 22.7. The average Bonchev–Trinajstić information content (AvgIpc) is 3.20. The van der Waals surface area contributed by atoms with Gasteiger partial charge >= 0.3 is 6.18 Å². The third-order valence-electron chi connectivity index (χ3n) is 5.15. The third-order valence-corrected chi connectivity index (χ3v) is 6.36. The third kappa shape index (κ3) is 4.98. The number of hydrogen-bond donors (Lipinski definition) is 1. The van der Waals surface area contributed by atoms with Crippen LogP contribution < -0.4 is 15.0 Å². The number of hydrogen-bond acceptors (Lipinski definition) is 4. The van der Waals surface area contributed by atoms with Crippen LogP contribution in [0.4, 0.5) is 24.5 Å². The van der Waals surface area contributed by atoms with E-state index in [1.165, 1.54) is 11.8 Å². The Bertz CT molecular complexity index is 1150. The zero-order valence-corrected chi connectivity index (χ0v) is 18.2. The maximum atomic E-state index is 12.7. The molecule has 2 amide bonds. The fourth-order valence-corrected chi connectivity index (χ4v) is 4.61. The van der Waals surface area contributed by atoms with Crippen LogP contribution in [0.1, 0.15) is 26.9 Å². The molecule has 3 aromatic rings. The van der Waals surface area contributed by atoms with Crippen molar-refractivity contribution in [1.29, 1.82) is 0 Å². The predicted molar refractivity (Wildman–Crippen MR) is 122 cm³/mol. The Balaban J connectivity index is 1.47. The van der Waals surface area contributed by atoms with E-state index in [2.05, 4.69) is 5.32 Å². The van der Waals surface area contributed by atoms with Gasteiger partial charge in [-0.2, -0.15) is 13.2 Å². The van der Waals surface area contributed by atoms with Gasteiger partial charge in [-0.05, 0) is 66.2 Å². The quantitative estimate of drug-likeness (QED) is 0.514. The topological polar surface area (TPSA) is 58.6 Å². The number of halogens is 3. The number of benzene rings is 3. The molecule has 0 spiro atoms. The molecule has 9 heteroatoms. The van der Waals surface area contributed by atoms with E-state index in [1.807, 2.05) is 24.3 Å². The summed E-state index contributed by atoms with van der Waals surface area (Å²) in [6.45, 7) is 0. The van der Waals surface area contributed by atoms with Crippen LogP contribution in [0, 0.1) is 0 Å². The SMILES string of the molecule is COc1ccc(N2C(=O)CSC2c2ccc(NC(=O)c3ccc(C(F)(F)F)cc3)cc2)cc1. The number of nitrogens with one attached hydrogen (secondary N) is 1. The summed E-state index contributed by atoms with van der Waals surface area (Å²) in [6, 6.07) is 18.3. The number of anilines is 2. The molecular weight excluding hydrogens is 453 g/mol. The molecule has 5 nitrogen and oxygen atoms in total. The van der Waals surface area contributed by atoms with E-state index in [-0.39, 0.29) is 16.8 Å². The van der Waals surface area contributed by atoms with Gasteiger partial charge in [-0.15, -0.1) is 11.8 Å². The smallest absolute Gasteiger partial charge is 0.416 e. The molecule has 1 fully saturated rings. The summed E-state index contributed by atoms with van der Waals surface area (Å²) in [5, 5.41) is 2.46. The van der Waals surface area contributed by atoms with Crippen LogP contribution in [-0.2, 0) is 11.0 Å². The molecule has 1 atom stereocenters. The fourth-order valence-electron chi connectivity index (χ4n) is 3.44. The summed E-state index contributed by atoms with van der Waals surface area (Å²) in [5.41, 5.74) is 1.45. The van der Waals surface area contributed by atoms with Crippen molar-refractivity contribution in [2.75, 3.05) is 23.1 Å². The summed E-state index contributed by atoms with van der Waals surface area (Å²) < 4.78 is 43.3. The number of alkyl halides is 3. The predicted octanol–water partition coefficient (Wildman–Crippen LogP) is 5.74. The zero-order valence-electron chi connectivity index (χ0n) is 17.4. The van der Waals surface area contributed by atoms with Crippen molar-refractivity contribution in [3.63, 3.8) is 0 Å². The molecule has 0 saturated carbocycles. The minimum atomic E-state index is -4.45. The number of methoxy groups -OCH3 is 1. The second-order valence-corrected chi connectivity index (χ2v) is 8.34. The van der Waals surface area contributed by atoms with E-state index in [1.54, 1.807) is 36.3 Å². The highest BCUT2D eigenvalue weighted by atomic mass is 32.2. The first-order chi connectivity index (χ1) is 15.8. The van der Waals surface area contributed by atoms with Gasteiger partial charge in [-0.1, -0.05) is 12.1 Å². The summed E-state index contributed by atoms with van der Waals surface area (Å²) >= 11 is 1.50. The molecule has 1 unspecified atom stereocenters. The molecule has 1 heterocycles. The van der Waals surface area contributed by atoms with Gasteiger partial charge in [-0.25, -0.2) is 0 Å². The minimum absolute atomic E-state index is 0.00477. The zero-order chi connectivity index (χ0) is 23.6. The Morgan fingerprint density at radius 1 is 1.00 bits per heavy atom. The van der Waals surface area contributed by atoms with Gasteiger partial charge in [-0.3, -0.25) is 14.5 Å². The molecule has 0 bridgehead atoms. The van der Waals surface area contributed by atoms with E-state index < -0.39 is 17.6 Å². The second kappa shape index (κ2) is 9.19. The van der Waals surface area contributed by atoms with Crippen molar-refractivity contribution in [1.82, 2.24) is 0 Å². The number of nitrogens with zero attached hydrogens (tertiary/aromatic N) is 1. The van der Waals surface area contributed by atoms with E-state index in [9.17, 15) is 22.8 Å². The first-order valence-electron chi connectivity index (χ1n) is 9.92. The van der Waals surface area contributed by atoms with Gasteiger partial charge in [0, 0.05) is 16.9 Å². The highest BCUT2D eigenvalue weighted by Gasteiger charge is 2.34. The lowest BCUT2D eigenvalue weighted by Gasteiger charge is -2.24. The molecule has 1 aliphatic rings. The lowest BCUT2D eigenvalue weighted by atomic mass is 10.1. The van der Waals surface area contributed by atoms with Gasteiger partial charge < -0.3 is 10.1 Å². The monoisotopic (exact) mass is 472 g/mol. The number of thioether (sulfide) groups is 1. The van der Waals surface area contributed by atoms with Crippen LogP contribution in [-0.4, -0.2) is 24.7 Å². The van der Waals surface area contributed by atoms with Crippen molar-refractivity contribution >= 4 is 35.0 Å². The Morgan fingerprint density at radius 2 is 1.64 bits per heavy atom. The minimum Gasteiger partial charge on any atom is -0.497 e. The van der Waals surface area contributed by atoms with Gasteiger partial charge in [0.2, 0.25) is 5.91 Å². The number of ether oxygens (including phenoxy) is 1. The molecule has 3 aromatic carbocycles. The molecule has 33 heavy (non-hydrogen) atoms. The largest absolute Gasteiger partial charge is 0.497 e. The van der Waals surface area contributed by atoms with Crippen molar-refractivity contribution in [3.8, 4) is 5.75 Å². The molecule has 1 aliphatic heterocycles. The molecule has 0 aliphatic carbocycles. The summed E-state index contributed by atoms with van der Waals surface area (Å²) in [6.07, 6.45) is -4.45. The van der Waals surface area contributed by atoms with Gasteiger partial charge in [0.25, 0.3) is 5.91 Å². The Kier molecular flexibility index (Phi) is 6.33. The standard InChI is InChI=1S/C24H19F3N2O3S/c1-32-20-12-10-19(11-13-20)29-21(30)14-33-23(29)16-4-8-18(9-5-16)28-22(31)15-2-6-17(7-3-15)24(25,26)27/h2-13,23H,14H2,1H3,(H,28,31). The second-order valence-electron chi connectivity index (χ2n) is 7.28. The molecule has 1 saturated heterocycles. The highest BCUT2D eigenvalue weighted by Crippen LogP contribution is 2.42. The van der Waals surface area contributed by atoms with Crippen LogP contribution in [0.25, 0.3) is 0 Å².